The lowest BCUT2D eigenvalue weighted by Crippen LogP contribution is -2.18. The molecular formula is C16H20ClF3N4O. The zero-order valence-corrected chi connectivity index (χ0v) is 14.7. The van der Waals surface area contributed by atoms with Gasteiger partial charge in [0.1, 0.15) is 5.82 Å². The summed E-state index contributed by atoms with van der Waals surface area (Å²) in [4.78, 5) is 12.0. The number of carbonyl (C=O) groups excluding carboxylic acids is 1. The fourth-order valence-electron chi connectivity index (χ4n) is 2.30. The van der Waals surface area contributed by atoms with Crippen molar-refractivity contribution < 1.29 is 18.0 Å². The second-order valence-electron chi connectivity index (χ2n) is 5.35. The van der Waals surface area contributed by atoms with Crippen LogP contribution in [0.4, 0.5) is 19.0 Å². The van der Waals surface area contributed by atoms with Gasteiger partial charge in [-0.1, -0.05) is 12.1 Å². The third-order valence-electron chi connectivity index (χ3n) is 3.37. The van der Waals surface area contributed by atoms with Crippen LogP contribution in [0.2, 0.25) is 0 Å². The molecule has 2 rings (SSSR count). The van der Waals surface area contributed by atoms with Crippen LogP contribution in [0.3, 0.4) is 0 Å². The Kier molecular flexibility index (Phi) is 7.44. The Morgan fingerprint density at radius 3 is 2.60 bits per heavy atom. The minimum Gasteiger partial charge on any atom is -0.320 e. The molecule has 9 heteroatoms. The molecule has 1 aromatic heterocycles. The van der Waals surface area contributed by atoms with Crippen molar-refractivity contribution in [2.45, 2.75) is 25.9 Å². The smallest absolute Gasteiger partial charge is 0.320 e. The second-order valence-corrected chi connectivity index (χ2v) is 5.35. The van der Waals surface area contributed by atoms with Crippen LogP contribution >= 0.6 is 12.4 Å². The van der Waals surface area contributed by atoms with Crippen molar-refractivity contribution in [3.05, 3.63) is 41.6 Å². The molecule has 25 heavy (non-hydrogen) atoms. The van der Waals surface area contributed by atoms with E-state index in [-0.39, 0.29) is 36.2 Å². The number of benzene rings is 1. The van der Waals surface area contributed by atoms with Gasteiger partial charge >= 0.3 is 6.18 Å². The number of nitrogens with one attached hydrogen (secondary N) is 2. The molecule has 2 aromatic rings. The predicted octanol–water partition coefficient (Wildman–Crippen LogP) is 3.56. The molecule has 1 aromatic carbocycles. The molecule has 0 aliphatic rings. The summed E-state index contributed by atoms with van der Waals surface area (Å²) in [5.74, 6) is -0.0467. The highest BCUT2D eigenvalue weighted by Crippen LogP contribution is 2.34. The molecule has 0 atom stereocenters. The first-order chi connectivity index (χ1) is 11.3. The van der Waals surface area contributed by atoms with Gasteiger partial charge in [0, 0.05) is 12.5 Å². The zero-order valence-electron chi connectivity index (χ0n) is 13.9. The molecule has 5 nitrogen and oxygen atoms in total. The quantitative estimate of drug-likeness (QED) is 0.758. The number of hydrogen-bond donors (Lipinski definition) is 2. The number of rotatable bonds is 6. The molecule has 0 fully saturated rings. The number of halogens is 4. The maximum Gasteiger partial charge on any atom is 0.418 e. The average molecular weight is 377 g/mol. The Balaban J connectivity index is 0.00000312. The van der Waals surface area contributed by atoms with Crippen molar-refractivity contribution in [1.82, 2.24) is 15.1 Å². The minimum atomic E-state index is -4.51. The highest BCUT2D eigenvalue weighted by atomic mass is 35.5. The van der Waals surface area contributed by atoms with Crippen LogP contribution in [0.5, 0.6) is 0 Å². The van der Waals surface area contributed by atoms with Crippen molar-refractivity contribution in [2.24, 2.45) is 0 Å². The molecule has 0 saturated carbocycles. The number of aromatic nitrogens is 2. The summed E-state index contributed by atoms with van der Waals surface area (Å²) in [6.45, 7) is 2.34. The summed E-state index contributed by atoms with van der Waals surface area (Å²) in [5.41, 5.74) is -0.417. The number of nitrogens with zero attached hydrogens (tertiary/aromatic N) is 2. The molecular weight excluding hydrogens is 357 g/mol. The second kappa shape index (κ2) is 8.87. The Morgan fingerprint density at radius 2 is 1.96 bits per heavy atom. The summed E-state index contributed by atoms with van der Waals surface area (Å²) in [7, 11) is 1.78. The summed E-state index contributed by atoms with van der Waals surface area (Å²) < 4.78 is 40.7. The normalized spacial score (nSPS) is 11.1. The average Bonchev–Trinajstić information content (AvgIpc) is 2.87. The van der Waals surface area contributed by atoms with Gasteiger partial charge in [0.2, 0.25) is 5.91 Å². The first-order valence-electron chi connectivity index (χ1n) is 7.50. The van der Waals surface area contributed by atoms with Crippen LogP contribution < -0.4 is 10.6 Å². The summed E-state index contributed by atoms with van der Waals surface area (Å²) in [6.07, 6.45) is -3.61. The van der Waals surface area contributed by atoms with E-state index in [4.69, 9.17) is 0 Å². The summed E-state index contributed by atoms with van der Waals surface area (Å²) in [6, 6.07) is 6.68. The van der Waals surface area contributed by atoms with E-state index in [1.165, 1.54) is 18.2 Å². The van der Waals surface area contributed by atoms with Gasteiger partial charge in [0.25, 0.3) is 0 Å². The van der Waals surface area contributed by atoms with Gasteiger partial charge in [-0.25, -0.2) is 4.68 Å². The Hall–Kier alpha value is -2.06. The molecule has 0 unspecified atom stereocenters. The van der Waals surface area contributed by atoms with E-state index in [0.29, 0.717) is 18.7 Å². The van der Waals surface area contributed by atoms with E-state index in [9.17, 15) is 18.0 Å². The van der Waals surface area contributed by atoms with E-state index < -0.39 is 11.7 Å². The van der Waals surface area contributed by atoms with E-state index in [0.717, 1.165) is 10.7 Å². The summed E-state index contributed by atoms with van der Waals surface area (Å²) >= 11 is 0. The van der Waals surface area contributed by atoms with Gasteiger partial charge in [0.05, 0.1) is 16.9 Å². The molecule has 0 aliphatic carbocycles. The SMILES string of the molecule is CNCCCC(=O)Nc1cc(C)nn1-c1ccccc1C(F)(F)F.Cl. The van der Waals surface area contributed by atoms with Crippen LogP contribution in [0.1, 0.15) is 24.1 Å². The first-order valence-corrected chi connectivity index (χ1v) is 7.50. The van der Waals surface area contributed by atoms with Crippen molar-refractivity contribution >= 4 is 24.1 Å². The number of carbonyl (C=O) groups is 1. The van der Waals surface area contributed by atoms with Crippen LogP contribution in [0, 0.1) is 6.92 Å². The Bertz CT molecular complexity index is 716. The molecule has 0 aliphatic heterocycles. The van der Waals surface area contributed by atoms with Crippen LogP contribution in [0.15, 0.2) is 30.3 Å². The minimum absolute atomic E-state index is 0. The molecule has 138 valence electrons. The van der Waals surface area contributed by atoms with Gasteiger partial charge in [-0.15, -0.1) is 12.4 Å². The van der Waals surface area contributed by atoms with Gasteiger partial charge in [-0.3, -0.25) is 4.79 Å². The number of para-hydroxylation sites is 1. The fourth-order valence-corrected chi connectivity index (χ4v) is 2.30. The molecule has 1 amide bonds. The molecule has 0 saturated heterocycles. The van der Waals surface area contributed by atoms with E-state index in [2.05, 4.69) is 15.7 Å². The maximum absolute atomic E-state index is 13.2. The zero-order chi connectivity index (χ0) is 17.7. The number of aryl methyl sites for hydroxylation is 1. The van der Waals surface area contributed by atoms with Crippen LogP contribution in [0.25, 0.3) is 5.69 Å². The highest BCUT2D eigenvalue weighted by molar-refractivity contribution is 5.90. The largest absolute Gasteiger partial charge is 0.418 e. The van der Waals surface area contributed by atoms with E-state index >= 15 is 0 Å². The third-order valence-corrected chi connectivity index (χ3v) is 3.37. The monoisotopic (exact) mass is 376 g/mol. The molecule has 1 heterocycles. The van der Waals surface area contributed by atoms with Crippen LogP contribution in [-0.4, -0.2) is 29.3 Å². The first kappa shape index (κ1) is 21.0. The van der Waals surface area contributed by atoms with E-state index in [1.54, 1.807) is 20.0 Å². The molecule has 0 bridgehead atoms. The van der Waals surface area contributed by atoms with Gasteiger partial charge < -0.3 is 10.6 Å². The molecule has 2 N–H and O–H groups in total. The number of amides is 1. The fraction of sp³-hybridized carbons (Fsp3) is 0.375. The Labute approximate surface area is 150 Å². The number of anilines is 1. The molecule has 0 spiro atoms. The number of hydrogen-bond acceptors (Lipinski definition) is 3. The van der Waals surface area contributed by atoms with Gasteiger partial charge in [-0.2, -0.15) is 18.3 Å². The summed E-state index contributed by atoms with van der Waals surface area (Å²) in [5, 5.41) is 9.66. The van der Waals surface area contributed by atoms with Gasteiger partial charge in [0.15, 0.2) is 0 Å². The van der Waals surface area contributed by atoms with Crippen LogP contribution in [-0.2, 0) is 11.0 Å². The van der Waals surface area contributed by atoms with Crippen molar-refractivity contribution in [3.63, 3.8) is 0 Å². The van der Waals surface area contributed by atoms with Crippen molar-refractivity contribution in [1.29, 1.82) is 0 Å². The standard InChI is InChI=1S/C16H19F3N4O.ClH/c1-11-10-14(21-15(24)8-5-9-20-2)23(22-11)13-7-4-3-6-12(13)16(17,18)19;/h3-4,6-7,10,20H,5,8-9H2,1-2H3,(H,21,24);1H. The maximum atomic E-state index is 13.2. The Morgan fingerprint density at radius 1 is 1.28 bits per heavy atom. The van der Waals surface area contributed by atoms with Crippen molar-refractivity contribution in [2.75, 3.05) is 18.9 Å². The van der Waals surface area contributed by atoms with Crippen molar-refractivity contribution in [3.8, 4) is 5.69 Å². The third kappa shape index (κ3) is 5.47. The van der Waals surface area contributed by atoms with Gasteiger partial charge in [-0.05, 0) is 39.1 Å². The topological polar surface area (TPSA) is 59.0 Å². The number of alkyl halides is 3. The van der Waals surface area contributed by atoms with E-state index in [1.807, 2.05) is 0 Å². The lowest BCUT2D eigenvalue weighted by atomic mass is 10.1. The predicted molar refractivity (Wildman–Crippen MR) is 92.3 cm³/mol. The lowest BCUT2D eigenvalue weighted by molar-refractivity contribution is -0.137. The highest BCUT2D eigenvalue weighted by Gasteiger charge is 2.34. The lowest BCUT2D eigenvalue weighted by Gasteiger charge is -2.15. The molecule has 0 radical (unpaired) electrons.